The Balaban J connectivity index is 1.30. The van der Waals surface area contributed by atoms with Crippen LogP contribution in [-0.4, -0.2) is 46.8 Å². The van der Waals surface area contributed by atoms with Gasteiger partial charge >= 0.3 is 0 Å². The first-order chi connectivity index (χ1) is 17.0. The van der Waals surface area contributed by atoms with Crippen molar-refractivity contribution in [3.63, 3.8) is 0 Å². The summed E-state index contributed by atoms with van der Waals surface area (Å²) in [5.41, 5.74) is 3.45. The standard InChI is InChI=1S/C28H40N4O3/c1-28(29-2)16-27(32-23-9-7-6-8-22(23)28)31-21-12-10-19(11-13-21)17-30-18-20-14-25(34-4)26(35-5)15-24(20)33-3/h6-9,14-15,19,21,29-30H,10-13,16-18H2,1-5H3,(H,31,32). The Morgan fingerprint density at radius 3 is 2.34 bits per heavy atom. The Morgan fingerprint density at radius 2 is 1.66 bits per heavy atom. The second kappa shape index (κ2) is 11.3. The summed E-state index contributed by atoms with van der Waals surface area (Å²) in [6, 6.07) is 12.8. The number of nitrogens with one attached hydrogen (secondary N) is 3. The number of methoxy groups -OCH3 is 3. The van der Waals surface area contributed by atoms with Crippen LogP contribution in [0, 0.1) is 5.92 Å². The number of fused-ring (bicyclic) bond motifs is 1. The Bertz CT molecular complexity index is 1030. The molecule has 7 heteroatoms. The third-order valence-corrected chi connectivity index (χ3v) is 7.56. The molecule has 2 aliphatic rings. The highest BCUT2D eigenvalue weighted by molar-refractivity contribution is 5.99. The van der Waals surface area contributed by atoms with E-state index in [1.54, 1.807) is 21.3 Å². The molecule has 0 aromatic heterocycles. The van der Waals surface area contributed by atoms with E-state index in [1.165, 1.54) is 18.4 Å². The predicted octanol–water partition coefficient (Wildman–Crippen LogP) is 4.71. The summed E-state index contributed by atoms with van der Waals surface area (Å²) in [7, 11) is 7.02. The summed E-state index contributed by atoms with van der Waals surface area (Å²) in [6.07, 6.45) is 5.54. The first-order valence-electron chi connectivity index (χ1n) is 12.6. The number of benzene rings is 2. The van der Waals surface area contributed by atoms with E-state index < -0.39 is 0 Å². The molecular formula is C28H40N4O3. The van der Waals surface area contributed by atoms with Gasteiger partial charge in [-0.25, -0.2) is 0 Å². The van der Waals surface area contributed by atoms with Crippen LogP contribution in [-0.2, 0) is 12.1 Å². The van der Waals surface area contributed by atoms with Crippen LogP contribution in [0.5, 0.6) is 17.2 Å². The van der Waals surface area contributed by atoms with Crippen molar-refractivity contribution >= 4 is 11.5 Å². The van der Waals surface area contributed by atoms with Crippen molar-refractivity contribution in [2.45, 2.75) is 57.2 Å². The number of hydrogen-bond acceptors (Lipinski definition) is 6. The zero-order chi connectivity index (χ0) is 24.8. The molecule has 0 bridgehead atoms. The molecule has 3 N–H and O–H groups in total. The molecule has 2 aromatic rings. The molecule has 4 rings (SSSR count). The maximum absolute atomic E-state index is 5.56. The number of rotatable bonds is 9. The van der Waals surface area contributed by atoms with E-state index in [0.717, 1.165) is 60.9 Å². The minimum absolute atomic E-state index is 0.0903. The van der Waals surface area contributed by atoms with Gasteiger partial charge < -0.3 is 30.2 Å². The van der Waals surface area contributed by atoms with E-state index in [-0.39, 0.29) is 5.54 Å². The fourth-order valence-corrected chi connectivity index (χ4v) is 5.34. The van der Waals surface area contributed by atoms with Crippen LogP contribution < -0.4 is 30.2 Å². The number of para-hydroxylation sites is 1. The maximum Gasteiger partial charge on any atom is 0.164 e. The van der Waals surface area contributed by atoms with Gasteiger partial charge in [0.15, 0.2) is 11.5 Å². The van der Waals surface area contributed by atoms with Crippen LogP contribution in [0.4, 0.5) is 5.69 Å². The third kappa shape index (κ3) is 5.73. The average molecular weight is 481 g/mol. The van der Waals surface area contributed by atoms with Gasteiger partial charge in [-0.15, -0.1) is 0 Å². The second-order valence-electron chi connectivity index (χ2n) is 9.83. The number of hydrogen-bond donors (Lipinski definition) is 3. The van der Waals surface area contributed by atoms with Gasteiger partial charge in [0.05, 0.1) is 27.4 Å². The quantitative estimate of drug-likeness (QED) is 0.483. The van der Waals surface area contributed by atoms with Gasteiger partial charge in [0, 0.05) is 35.8 Å². The van der Waals surface area contributed by atoms with E-state index in [1.807, 2.05) is 19.2 Å². The van der Waals surface area contributed by atoms with Gasteiger partial charge in [0.25, 0.3) is 0 Å². The molecule has 1 atom stereocenters. The third-order valence-electron chi connectivity index (χ3n) is 7.56. The Labute approximate surface area is 209 Å². The summed E-state index contributed by atoms with van der Waals surface area (Å²) >= 11 is 0. The van der Waals surface area contributed by atoms with E-state index in [4.69, 9.17) is 19.2 Å². The summed E-state index contributed by atoms with van der Waals surface area (Å²) < 4.78 is 16.4. The minimum Gasteiger partial charge on any atom is -0.496 e. The molecule has 2 aromatic carbocycles. The van der Waals surface area contributed by atoms with E-state index >= 15 is 0 Å². The Kier molecular flexibility index (Phi) is 8.19. The highest BCUT2D eigenvalue weighted by atomic mass is 16.5. The van der Waals surface area contributed by atoms with E-state index in [2.05, 4.69) is 47.1 Å². The normalized spacial score (nSPS) is 25.0. The number of amidine groups is 1. The van der Waals surface area contributed by atoms with Crippen molar-refractivity contribution < 1.29 is 14.2 Å². The van der Waals surface area contributed by atoms with Gasteiger partial charge in [-0.2, -0.15) is 0 Å². The SMILES string of the molecule is CNC1(C)CC(=NC2CCC(CNCc3cc(OC)c(OC)cc3OC)CC2)Nc2ccccc21. The van der Waals surface area contributed by atoms with Crippen molar-refractivity contribution in [2.24, 2.45) is 10.9 Å². The summed E-state index contributed by atoms with van der Waals surface area (Å²) in [4.78, 5) is 5.16. The number of anilines is 1. The fraction of sp³-hybridized carbons (Fsp3) is 0.536. The maximum atomic E-state index is 5.56. The zero-order valence-corrected chi connectivity index (χ0v) is 21.7. The second-order valence-corrected chi connectivity index (χ2v) is 9.83. The first kappa shape index (κ1) is 25.3. The summed E-state index contributed by atoms with van der Waals surface area (Å²) in [5.74, 6) is 3.98. The van der Waals surface area contributed by atoms with Gasteiger partial charge in [0.2, 0.25) is 0 Å². The summed E-state index contributed by atoms with van der Waals surface area (Å²) in [5, 5.41) is 10.7. The van der Waals surface area contributed by atoms with Crippen LogP contribution in [0.2, 0.25) is 0 Å². The van der Waals surface area contributed by atoms with Crippen LogP contribution >= 0.6 is 0 Å². The smallest absolute Gasteiger partial charge is 0.164 e. The van der Waals surface area contributed by atoms with Crippen LogP contribution in [0.15, 0.2) is 41.4 Å². The molecule has 0 radical (unpaired) electrons. The Morgan fingerprint density at radius 1 is 0.971 bits per heavy atom. The fourth-order valence-electron chi connectivity index (χ4n) is 5.34. The summed E-state index contributed by atoms with van der Waals surface area (Å²) in [6.45, 7) is 3.99. The van der Waals surface area contributed by atoms with Crippen molar-refractivity contribution in [3.05, 3.63) is 47.5 Å². The zero-order valence-electron chi connectivity index (χ0n) is 21.7. The average Bonchev–Trinajstić information content (AvgIpc) is 2.89. The van der Waals surface area contributed by atoms with E-state index in [0.29, 0.717) is 17.7 Å². The largest absolute Gasteiger partial charge is 0.496 e. The lowest BCUT2D eigenvalue weighted by atomic mass is 9.83. The molecule has 1 fully saturated rings. The van der Waals surface area contributed by atoms with Crippen molar-refractivity contribution in [1.82, 2.24) is 10.6 Å². The monoisotopic (exact) mass is 480 g/mol. The van der Waals surface area contributed by atoms with Gasteiger partial charge in [-0.05, 0) is 69.8 Å². The first-order valence-corrected chi connectivity index (χ1v) is 12.6. The lowest BCUT2D eigenvalue weighted by molar-refractivity contribution is 0.313. The molecular weight excluding hydrogens is 440 g/mol. The molecule has 1 unspecified atom stereocenters. The number of nitrogens with zero attached hydrogens (tertiary/aromatic N) is 1. The molecule has 0 amide bonds. The van der Waals surface area contributed by atoms with E-state index in [9.17, 15) is 0 Å². The molecule has 1 aliphatic heterocycles. The molecule has 190 valence electrons. The van der Waals surface area contributed by atoms with Crippen molar-refractivity contribution in [2.75, 3.05) is 40.2 Å². The molecule has 1 aliphatic carbocycles. The van der Waals surface area contributed by atoms with Crippen molar-refractivity contribution in [3.8, 4) is 17.2 Å². The van der Waals surface area contributed by atoms with Crippen molar-refractivity contribution in [1.29, 1.82) is 0 Å². The molecule has 0 saturated heterocycles. The van der Waals surface area contributed by atoms with Gasteiger partial charge in [0.1, 0.15) is 11.6 Å². The minimum atomic E-state index is -0.0903. The van der Waals surface area contributed by atoms with Crippen LogP contribution in [0.3, 0.4) is 0 Å². The van der Waals surface area contributed by atoms with Gasteiger partial charge in [-0.3, -0.25) is 4.99 Å². The Hall–Kier alpha value is -2.77. The molecule has 0 spiro atoms. The molecule has 1 heterocycles. The highest BCUT2D eigenvalue weighted by Gasteiger charge is 2.34. The molecule has 35 heavy (non-hydrogen) atoms. The molecule has 1 saturated carbocycles. The van der Waals surface area contributed by atoms with Gasteiger partial charge in [-0.1, -0.05) is 18.2 Å². The molecule has 7 nitrogen and oxygen atoms in total. The van der Waals surface area contributed by atoms with Crippen LogP contribution in [0.1, 0.15) is 50.2 Å². The van der Waals surface area contributed by atoms with Crippen LogP contribution in [0.25, 0.3) is 0 Å². The lowest BCUT2D eigenvalue weighted by Crippen LogP contribution is -2.44. The number of ether oxygens (including phenoxy) is 3. The lowest BCUT2D eigenvalue weighted by Gasteiger charge is -2.37. The predicted molar refractivity (Wildman–Crippen MR) is 142 cm³/mol. The topological polar surface area (TPSA) is 76.1 Å². The number of aliphatic imine (C=N–C) groups is 1. The highest BCUT2D eigenvalue weighted by Crippen LogP contribution is 2.37.